The summed E-state index contributed by atoms with van der Waals surface area (Å²) in [5, 5.41) is 14.1. The Morgan fingerprint density at radius 2 is 2.07 bits per heavy atom. The summed E-state index contributed by atoms with van der Waals surface area (Å²) < 4.78 is 8.07. The lowest BCUT2D eigenvalue weighted by Crippen LogP contribution is -2.19. The van der Waals surface area contributed by atoms with E-state index >= 15 is 0 Å². The van der Waals surface area contributed by atoms with E-state index in [2.05, 4.69) is 44.3 Å². The van der Waals surface area contributed by atoms with E-state index in [9.17, 15) is 0 Å². The van der Waals surface area contributed by atoms with Crippen LogP contribution in [0, 0.1) is 6.92 Å². The van der Waals surface area contributed by atoms with Crippen LogP contribution in [0.4, 0.5) is 5.69 Å². The third-order valence-electron chi connectivity index (χ3n) is 5.04. The van der Waals surface area contributed by atoms with Gasteiger partial charge in [0, 0.05) is 23.1 Å². The van der Waals surface area contributed by atoms with Gasteiger partial charge in [-0.15, -0.1) is 10.2 Å². The van der Waals surface area contributed by atoms with Crippen LogP contribution in [0.5, 0.6) is 0 Å². The highest BCUT2D eigenvalue weighted by molar-refractivity contribution is 7.98. The average molecular weight is 429 g/mol. The molecule has 3 aromatic rings. The predicted octanol–water partition coefficient (Wildman–Crippen LogP) is 5.32. The lowest BCUT2D eigenvalue weighted by Gasteiger charge is -2.15. The van der Waals surface area contributed by atoms with Crippen LogP contribution in [-0.2, 0) is 23.6 Å². The maximum Gasteiger partial charge on any atom is 0.191 e. The van der Waals surface area contributed by atoms with Crippen LogP contribution in [-0.4, -0.2) is 27.5 Å². The molecule has 1 fully saturated rings. The first-order valence-corrected chi connectivity index (χ1v) is 11.3. The van der Waals surface area contributed by atoms with Crippen LogP contribution >= 0.6 is 23.4 Å². The van der Waals surface area contributed by atoms with Gasteiger partial charge >= 0.3 is 0 Å². The number of hydrogen-bond donors (Lipinski definition) is 1. The fraction of sp³-hybridized carbons (Fsp3) is 0.364. The molecule has 0 aliphatic carbocycles. The number of halogens is 1. The van der Waals surface area contributed by atoms with Gasteiger partial charge in [0.15, 0.2) is 11.0 Å². The molecule has 0 bridgehead atoms. The minimum atomic E-state index is 0.231. The number of nitrogens with zero attached hydrogens (tertiary/aromatic N) is 3. The quantitative estimate of drug-likeness (QED) is 0.492. The molecule has 29 heavy (non-hydrogen) atoms. The van der Waals surface area contributed by atoms with Crippen LogP contribution in [0.1, 0.15) is 29.8 Å². The molecule has 5 nitrogen and oxygen atoms in total. The van der Waals surface area contributed by atoms with Gasteiger partial charge in [0.2, 0.25) is 0 Å². The zero-order valence-corrected chi connectivity index (χ0v) is 18.0. The molecule has 0 radical (unpaired) electrons. The Morgan fingerprint density at radius 3 is 2.83 bits per heavy atom. The van der Waals surface area contributed by atoms with Crippen LogP contribution in [0.3, 0.4) is 0 Å². The summed E-state index contributed by atoms with van der Waals surface area (Å²) in [6.45, 7) is 4.22. The SMILES string of the molecule is Cc1ccc(NCc2nnc(SCc3ccccc3)n2CC2CCCO2)cc1Cl. The van der Waals surface area contributed by atoms with Gasteiger partial charge in [-0.05, 0) is 43.0 Å². The van der Waals surface area contributed by atoms with Crippen molar-refractivity contribution >= 4 is 29.1 Å². The van der Waals surface area contributed by atoms with E-state index in [1.54, 1.807) is 11.8 Å². The highest BCUT2D eigenvalue weighted by atomic mass is 35.5. The van der Waals surface area contributed by atoms with Crippen molar-refractivity contribution in [1.82, 2.24) is 14.8 Å². The van der Waals surface area contributed by atoms with Gasteiger partial charge < -0.3 is 14.6 Å². The Labute approximate surface area is 180 Å². The molecule has 1 aromatic heterocycles. The van der Waals surface area contributed by atoms with Gasteiger partial charge in [0.05, 0.1) is 19.2 Å². The van der Waals surface area contributed by atoms with E-state index in [0.29, 0.717) is 6.54 Å². The average Bonchev–Trinajstić information content (AvgIpc) is 3.39. The lowest BCUT2D eigenvalue weighted by atomic mass is 10.2. The summed E-state index contributed by atoms with van der Waals surface area (Å²) in [6.07, 6.45) is 2.44. The number of ether oxygens (including phenoxy) is 1. The van der Waals surface area contributed by atoms with Crippen molar-refractivity contribution in [3.63, 3.8) is 0 Å². The number of aryl methyl sites for hydroxylation is 1. The topological polar surface area (TPSA) is 52.0 Å². The van der Waals surface area contributed by atoms with E-state index in [1.165, 1.54) is 5.56 Å². The Hall–Kier alpha value is -2.02. The highest BCUT2D eigenvalue weighted by Gasteiger charge is 2.21. The summed E-state index contributed by atoms with van der Waals surface area (Å²) >= 11 is 7.97. The Kier molecular flexibility index (Phi) is 6.74. The molecule has 1 unspecified atom stereocenters. The van der Waals surface area contributed by atoms with Gasteiger partial charge in [-0.3, -0.25) is 0 Å². The molecule has 0 amide bonds. The minimum Gasteiger partial charge on any atom is -0.378 e. The Morgan fingerprint density at radius 1 is 1.21 bits per heavy atom. The maximum atomic E-state index is 6.25. The lowest BCUT2D eigenvalue weighted by molar-refractivity contribution is 0.0942. The molecule has 1 saturated heterocycles. The molecule has 1 atom stereocenters. The molecule has 4 rings (SSSR count). The fourth-order valence-electron chi connectivity index (χ4n) is 3.34. The zero-order chi connectivity index (χ0) is 20.1. The second-order valence-electron chi connectivity index (χ2n) is 7.24. The minimum absolute atomic E-state index is 0.231. The maximum absolute atomic E-state index is 6.25. The van der Waals surface area contributed by atoms with E-state index in [4.69, 9.17) is 16.3 Å². The summed E-state index contributed by atoms with van der Waals surface area (Å²) in [4.78, 5) is 0. The first-order valence-electron chi connectivity index (χ1n) is 9.89. The van der Waals surface area contributed by atoms with Crippen molar-refractivity contribution in [2.24, 2.45) is 0 Å². The van der Waals surface area contributed by atoms with Crippen molar-refractivity contribution in [2.45, 2.75) is 49.9 Å². The third kappa shape index (κ3) is 5.32. The first-order chi connectivity index (χ1) is 14.2. The molecule has 1 aliphatic heterocycles. The molecular formula is C22H25ClN4OS. The summed E-state index contributed by atoms with van der Waals surface area (Å²) in [7, 11) is 0. The summed E-state index contributed by atoms with van der Waals surface area (Å²) in [6, 6.07) is 16.4. The molecule has 1 aliphatic rings. The van der Waals surface area contributed by atoms with E-state index in [-0.39, 0.29) is 6.10 Å². The second-order valence-corrected chi connectivity index (χ2v) is 8.59. The van der Waals surface area contributed by atoms with Gasteiger partial charge in [-0.2, -0.15) is 0 Å². The molecule has 7 heteroatoms. The van der Waals surface area contributed by atoms with Crippen LogP contribution in [0.2, 0.25) is 5.02 Å². The number of thioether (sulfide) groups is 1. The highest BCUT2D eigenvalue weighted by Crippen LogP contribution is 2.25. The molecule has 1 N–H and O–H groups in total. The van der Waals surface area contributed by atoms with Crippen molar-refractivity contribution in [1.29, 1.82) is 0 Å². The normalized spacial score (nSPS) is 16.3. The predicted molar refractivity (Wildman–Crippen MR) is 119 cm³/mol. The van der Waals surface area contributed by atoms with Crippen molar-refractivity contribution < 1.29 is 4.74 Å². The monoisotopic (exact) mass is 428 g/mol. The largest absolute Gasteiger partial charge is 0.378 e. The van der Waals surface area contributed by atoms with Crippen LogP contribution < -0.4 is 5.32 Å². The van der Waals surface area contributed by atoms with E-state index in [1.807, 2.05) is 31.2 Å². The van der Waals surface area contributed by atoms with Gasteiger partial charge in [-0.1, -0.05) is 59.8 Å². The number of aromatic nitrogens is 3. The first kappa shape index (κ1) is 20.3. The van der Waals surface area contributed by atoms with Gasteiger partial charge in [0.1, 0.15) is 0 Å². The molecule has 0 saturated carbocycles. The van der Waals surface area contributed by atoms with Gasteiger partial charge in [-0.25, -0.2) is 0 Å². The van der Waals surface area contributed by atoms with Crippen LogP contribution in [0.15, 0.2) is 53.7 Å². The van der Waals surface area contributed by atoms with Crippen molar-refractivity contribution in [3.8, 4) is 0 Å². The molecule has 2 aromatic carbocycles. The number of hydrogen-bond acceptors (Lipinski definition) is 5. The Bertz CT molecular complexity index is 941. The zero-order valence-electron chi connectivity index (χ0n) is 16.5. The standard InChI is InChI=1S/C22H25ClN4OS/c1-16-9-10-18(12-20(16)23)24-13-21-25-26-22(27(21)14-19-8-5-11-28-19)29-15-17-6-3-2-4-7-17/h2-4,6-7,9-10,12,19,24H,5,8,11,13-15H2,1H3. The number of rotatable bonds is 8. The smallest absolute Gasteiger partial charge is 0.191 e. The van der Waals surface area contributed by atoms with E-state index < -0.39 is 0 Å². The summed E-state index contributed by atoms with van der Waals surface area (Å²) in [5.74, 6) is 1.78. The third-order valence-corrected chi connectivity index (χ3v) is 6.48. The molecule has 152 valence electrons. The molecule has 0 spiro atoms. The number of benzene rings is 2. The number of anilines is 1. The second kappa shape index (κ2) is 9.65. The Balaban J connectivity index is 1.48. The summed E-state index contributed by atoms with van der Waals surface area (Å²) in [5.41, 5.74) is 3.32. The van der Waals surface area contributed by atoms with Crippen molar-refractivity contribution in [2.75, 3.05) is 11.9 Å². The molecular weight excluding hydrogens is 404 g/mol. The van der Waals surface area contributed by atoms with Crippen molar-refractivity contribution in [3.05, 3.63) is 70.5 Å². The fourth-order valence-corrected chi connectivity index (χ4v) is 4.44. The van der Waals surface area contributed by atoms with E-state index in [0.717, 1.165) is 59.0 Å². The van der Waals surface area contributed by atoms with Gasteiger partial charge in [0.25, 0.3) is 0 Å². The number of nitrogens with one attached hydrogen (secondary N) is 1. The molecule has 2 heterocycles. The van der Waals surface area contributed by atoms with Crippen LogP contribution in [0.25, 0.3) is 0 Å².